The first-order chi connectivity index (χ1) is 9.81. The van der Waals surface area contributed by atoms with Crippen LogP contribution in [0.5, 0.6) is 5.75 Å². The van der Waals surface area contributed by atoms with E-state index in [1.165, 1.54) is 32.1 Å². The Morgan fingerprint density at radius 2 is 2.05 bits per heavy atom. The molecule has 1 aliphatic carbocycles. The SMILES string of the molecule is Brc1ccc(-n2cc(OCC3CCCCC3)cn2)nc1. The van der Waals surface area contributed by atoms with E-state index in [0.717, 1.165) is 22.6 Å². The molecule has 0 radical (unpaired) electrons. The van der Waals surface area contributed by atoms with Gasteiger partial charge in [0.2, 0.25) is 0 Å². The van der Waals surface area contributed by atoms with Crippen molar-refractivity contribution in [2.75, 3.05) is 6.61 Å². The molecule has 0 saturated heterocycles. The molecule has 3 rings (SSSR count). The second kappa shape index (κ2) is 6.39. The molecule has 0 aromatic carbocycles. The van der Waals surface area contributed by atoms with Crippen LogP contribution in [0.3, 0.4) is 0 Å². The second-order valence-corrected chi connectivity index (χ2v) is 6.19. The van der Waals surface area contributed by atoms with Crippen LogP contribution in [0.2, 0.25) is 0 Å². The Labute approximate surface area is 127 Å². The zero-order valence-electron chi connectivity index (χ0n) is 11.3. The van der Waals surface area contributed by atoms with Gasteiger partial charge in [0, 0.05) is 10.7 Å². The van der Waals surface area contributed by atoms with Gasteiger partial charge in [0.25, 0.3) is 0 Å². The van der Waals surface area contributed by atoms with Crippen LogP contribution in [-0.2, 0) is 0 Å². The van der Waals surface area contributed by atoms with E-state index in [0.29, 0.717) is 5.92 Å². The Bertz CT molecular complexity index is 547. The zero-order valence-corrected chi connectivity index (χ0v) is 12.9. The van der Waals surface area contributed by atoms with Crippen molar-refractivity contribution in [1.82, 2.24) is 14.8 Å². The molecule has 2 aromatic rings. The molecular formula is C15H18BrN3O. The van der Waals surface area contributed by atoms with E-state index in [4.69, 9.17) is 4.74 Å². The van der Waals surface area contributed by atoms with Gasteiger partial charge in [0.1, 0.15) is 0 Å². The van der Waals surface area contributed by atoms with Crippen LogP contribution >= 0.6 is 15.9 Å². The molecular weight excluding hydrogens is 318 g/mol. The molecule has 1 aliphatic rings. The maximum absolute atomic E-state index is 5.85. The van der Waals surface area contributed by atoms with Gasteiger partial charge in [0.15, 0.2) is 11.6 Å². The van der Waals surface area contributed by atoms with Gasteiger partial charge < -0.3 is 4.74 Å². The summed E-state index contributed by atoms with van der Waals surface area (Å²) in [5.41, 5.74) is 0. The molecule has 1 saturated carbocycles. The predicted molar refractivity (Wildman–Crippen MR) is 81.1 cm³/mol. The molecule has 106 valence electrons. The molecule has 4 nitrogen and oxygen atoms in total. The minimum absolute atomic E-state index is 0.706. The van der Waals surface area contributed by atoms with Gasteiger partial charge >= 0.3 is 0 Å². The Kier molecular flexibility index (Phi) is 4.35. The molecule has 20 heavy (non-hydrogen) atoms. The van der Waals surface area contributed by atoms with E-state index in [9.17, 15) is 0 Å². The number of ether oxygens (including phenoxy) is 1. The quantitative estimate of drug-likeness (QED) is 0.848. The smallest absolute Gasteiger partial charge is 0.157 e. The summed E-state index contributed by atoms with van der Waals surface area (Å²) < 4.78 is 8.55. The maximum atomic E-state index is 5.85. The number of aromatic nitrogens is 3. The lowest BCUT2D eigenvalue weighted by molar-refractivity contribution is 0.209. The highest BCUT2D eigenvalue weighted by Gasteiger charge is 2.14. The normalized spacial score (nSPS) is 16.2. The van der Waals surface area contributed by atoms with Crippen molar-refractivity contribution in [2.24, 2.45) is 5.92 Å². The largest absolute Gasteiger partial charge is 0.490 e. The summed E-state index contributed by atoms with van der Waals surface area (Å²) >= 11 is 3.38. The Morgan fingerprint density at radius 3 is 2.80 bits per heavy atom. The van der Waals surface area contributed by atoms with E-state index < -0.39 is 0 Å². The summed E-state index contributed by atoms with van der Waals surface area (Å²) in [5, 5.41) is 4.29. The van der Waals surface area contributed by atoms with Crippen molar-refractivity contribution in [3.8, 4) is 11.6 Å². The van der Waals surface area contributed by atoms with Gasteiger partial charge in [0.05, 0.1) is 19.0 Å². The van der Waals surface area contributed by atoms with Crippen molar-refractivity contribution in [3.63, 3.8) is 0 Å². The van der Waals surface area contributed by atoms with Gasteiger partial charge in [-0.05, 0) is 46.8 Å². The first-order valence-corrected chi connectivity index (χ1v) is 7.90. The highest BCUT2D eigenvalue weighted by atomic mass is 79.9. The van der Waals surface area contributed by atoms with E-state index in [1.807, 2.05) is 18.3 Å². The molecule has 0 bridgehead atoms. The van der Waals surface area contributed by atoms with Crippen molar-refractivity contribution >= 4 is 15.9 Å². The minimum Gasteiger partial charge on any atom is -0.490 e. The summed E-state index contributed by atoms with van der Waals surface area (Å²) in [7, 11) is 0. The third kappa shape index (κ3) is 3.39. The standard InChI is InChI=1S/C15H18BrN3O/c16-13-6-7-15(17-8-13)19-10-14(9-18-19)20-11-12-4-2-1-3-5-12/h6-10,12H,1-5,11H2. The van der Waals surface area contributed by atoms with Crippen molar-refractivity contribution in [3.05, 3.63) is 35.2 Å². The average molecular weight is 336 g/mol. The fourth-order valence-electron chi connectivity index (χ4n) is 2.58. The number of nitrogens with zero attached hydrogens (tertiary/aromatic N) is 3. The highest BCUT2D eigenvalue weighted by Crippen LogP contribution is 2.24. The van der Waals surface area contributed by atoms with Gasteiger partial charge in [-0.3, -0.25) is 0 Å². The zero-order chi connectivity index (χ0) is 13.8. The Hall–Kier alpha value is -1.36. The van der Waals surface area contributed by atoms with Crippen molar-refractivity contribution in [2.45, 2.75) is 32.1 Å². The summed E-state index contributed by atoms with van der Waals surface area (Å²) in [6.45, 7) is 0.805. The second-order valence-electron chi connectivity index (χ2n) is 5.27. The molecule has 0 aliphatic heterocycles. The average Bonchev–Trinajstić information content (AvgIpc) is 2.96. The molecule has 1 fully saturated rings. The highest BCUT2D eigenvalue weighted by molar-refractivity contribution is 9.10. The molecule has 0 unspecified atom stereocenters. The molecule has 0 N–H and O–H groups in total. The third-order valence-electron chi connectivity index (χ3n) is 3.72. The van der Waals surface area contributed by atoms with Crippen LogP contribution in [0.1, 0.15) is 32.1 Å². The summed E-state index contributed by atoms with van der Waals surface area (Å²) in [4.78, 5) is 4.31. The number of hydrogen-bond acceptors (Lipinski definition) is 3. The van der Waals surface area contributed by atoms with Gasteiger partial charge in [-0.25, -0.2) is 9.67 Å². The van der Waals surface area contributed by atoms with Crippen LogP contribution < -0.4 is 4.74 Å². The lowest BCUT2D eigenvalue weighted by Crippen LogP contribution is -2.15. The summed E-state index contributed by atoms with van der Waals surface area (Å²) in [5.74, 6) is 2.32. The van der Waals surface area contributed by atoms with E-state index in [2.05, 4.69) is 26.0 Å². The summed E-state index contributed by atoms with van der Waals surface area (Å²) in [6, 6.07) is 3.87. The van der Waals surface area contributed by atoms with Gasteiger partial charge in [-0.1, -0.05) is 19.3 Å². The number of halogens is 1. The van der Waals surface area contributed by atoms with Gasteiger partial charge in [-0.2, -0.15) is 5.10 Å². The molecule has 0 spiro atoms. The first kappa shape index (κ1) is 13.6. The molecule has 0 atom stereocenters. The van der Waals surface area contributed by atoms with E-state index in [1.54, 1.807) is 17.1 Å². The van der Waals surface area contributed by atoms with Crippen LogP contribution in [-0.4, -0.2) is 21.4 Å². The Morgan fingerprint density at radius 1 is 1.20 bits per heavy atom. The molecule has 5 heteroatoms. The van der Waals surface area contributed by atoms with E-state index >= 15 is 0 Å². The number of rotatable bonds is 4. The fourth-order valence-corrected chi connectivity index (χ4v) is 2.81. The van der Waals surface area contributed by atoms with Gasteiger partial charge in [-0.15, -0.1) is 0 Å². The molecule has 2 aromatic heterocycles. The van der Waals surface area contributed by atoms with Crippen LogP contribution in [0.4, 0.5) is 0 Å². The molecule has 2 heterocycles. The fraction of sp³-hybridized carbons (Fsp3) is 0.467. The molecule has 0 amide bonds. The van der Waals surface area contributed by atoms with Crippen LogP contribution in [0.25, 0.3) is 5.82 Å². The first-order valence-electron chi connectivity index (χ1n) is 7.11. The topological polar surface area (TPSA) is 39.9 Å². The third-order valence-corrected chi connectivity index (χ3v) is 4.18. The van der Waals surface area contributed by atoms with Crippen molar-refractivity contribution in [1.29, 1.82) is 0 Å². The lowest BCUT2D eigenvalue weighted by atomic mass is 9.90. The lowest BCUT2D eigenvalue weighted by Gasteiger charge is -2.21. The Balaban J connectivity index is 1.60. The van der Waals surface area contributed by atoms with Crippen LogP contribution in [0, 0.1) is 5.92 Å². The van der Waals surface area contributed by atoms with Crippen molar-refractivity contribution < 1.29 is 4.74 Å². The summed E-state index contributed by atoms with van der Waals surface area (Å²) in [6.07, 6.45) is 12.1. The predicted octanol–water partition coefficient (Wildman–Crippen LogP) is 3.99. The monoisotopic (exact) mass is 335 g/mol. The number of pyridine rings is 1. The van der Waals surface area contributed by atoms with Crippen LogP contribution in [0.15, 0.2) is 35.2 Å². The minimum atomic E-state index is 0.706. The number of hydrogen-bond donors (Lipinski definition) is 0. The maximum Gasteiger partial charge on any atom is 0.157 e. The van der Waals surface area contributed by atoms with E-state index in [-0.39, 0.29) is 0 Å².